The van der Waals surface area contributed by atoms with Gasteiger partial charge in [0.05, 0.1) is 23.4 Å². The van der Waals surface area contributed by atoms with E-state index in [4.69, 9.17) is 18.9 Å². The van der Waals surface area contributed by atoms with Gasteiger partial charge in [-0.25, -0.2) is 9.67 Å². The van der Waals surface area contributed by atoms with Gasteiger partial charge in [-0.1, -0.05) is 6.07 Å². The standard InChI is InChI=1S/C22H20N4O4/c1-13(2)26-21-16(11-24-26)15(9-17(25-21)18-4-3-7-28-18)22(27)23-10-14-5-6-19-20(8-14)30-12-29-19/h3-9,11,13H,10,12H2,1-2H3,(H,23,27). The zero-order valence-electron chi connectivity index (χ0n) is 16.6. The van der Waals surface area contributed by atoms with Crippen LogP contribution < -0.4 is 14.8 Å². The number of hydrogen-bond acceptors (Lipinski definition) is 6. The summed E-state index contributed by atoms with van der Waals surface area (Å²) in [6.07, 6.45) is 3.27. The Balaban J connectivity index is 1.48. The highest BCUT2D eigenvalue weighted by Crippen LogP contribution is 2.32. The number of nitrogens with one attached hydrogen (secondary N) is 1. The molecule has 4 heterocycles. The number of ether oxygens (including phenoxy) is 2. The molecular weight excluding hydrogens is 384 g/mol. The Morgan fingerprint density at radius 2 is 2.07 bits per heavy atom. The van der Waals surface area contributed by atoms with E-state index in [9.17, 15) is 4.79 Å². The number of fused-ring (bicyclic) bond motifs is 2. The summed E-state index contributed by atoms with van der Waals surface area (Å²) in [5, 5.41) is 8.11. The van der Waals surface area contributed by atoms with E-state index in [-0.39, 0.29) is 18.7 Å². The molecular formula is C22H20N4O4. The van der Waals surface area contributed by atoms with E-state index >= 15 is 0 Å². The molecule has 0 radical (unpaired) electrons. The third-order valence-electron chi connectivity index (χ3n) is 4.96. The summed E-state index contributed by atoms with van der Waals surface area (Å²) in [4.78, 5) is 17.8. The molecule has 0 unspecified atom stereocenters. The Hall–Kier alpha value is -3.81. The summed E-state index contributed by atoms with van der Waals surface area (Å²) < 4.78 is 18.0. The molecule has 4 aromatic rings. The fourth-order valence-corrected chi connectivity index (χ4v) is 3.46. The second-order valence-electron chi connectivity index (χ2n) is 7.32. The summed E-state index contributed by atoms with van der Waals surface area (Å²) in [7, 11) is 0. The molecule has 152 valence electrons. The van der Waals surface area contributed by atoms with Crippen LogP contribution in [0.4, 0.5) is 0 Å². The van der Waals surface area contributed by atoms with Crippen LogP contribution in [0.3, 0.4) is 0 Å². The topological polar surface area (TPSA) is 91.4 Å². The van der Waals surface area contributed by atoms with Crippen LogP contribution in [0.2, 0.25) is 0 Å². The molecule has 0 saturated heterocycles. The fraction of sp³-hybridized carbons (Fsp3) is 0.227. The van der Waals surface area contributed by atoms with Crippen molar-refractivity contribution in [2.24, 2.45) is 0 Å². The van der Waals surface area contributed by atoms with Crippen molar-refractivity contribution in [2.45, 2.75) is 26.4 Å². The van der Waals surface area contributed by atoms with Crippen molar-refractivity contribution in [3.63, 3.8) is 0 Å². The Bertz CT molecular complexity index is 1230. The molecule has 8 nitrogen and oxygen atoms in total. The van der Waals surface area contributed by atoms with Gasteiger partial charge in [0.15, 0.2) is 22.9 Å². The first kappa shape index (κ1) is 18.2. The van der Waals surface area contributed by atoms with E-state index in [0.717, 1.165) is 5.56 Å². The maximum atomic E-state index is 13.1. The second kappa shape index (κ2) is 7.22. The third-order valence-corrected chi connectivity index (χ3v) is 4.96. The van der Waals surface area contributed by atoms with Gasteiger partial charge in [0.25, 0.3) is 5.91 Å². The maximum absolute atomic E-state index is 13.1. The molecule has 1 amide bonds. The number of nitrogens with zero attached hydrogens (tertiary/aromatic N) is 3. The van der Waals surface area contributed by atoms with Crippen molar-refractivity contribution in [1.82, 2.24) is 20.1 Å². The number of hydrogen-bond donors (Lipinski definition) is 1. The van der Waals surface area contributed by atoms with Gasteiger partial charge in [-0.15, -0.1) is 0 Å². The number of carbonyl (C=O) groups excluding carboxylic acids is 1. The molecule has 1 aliphatic heterocycles. The maximum Gasteiger partial charge on any atom is 0.252 e. The van der Waals surface area contributed by atoms with E-state index in [0.29, 0.717) is 46.1 Å². The number of furan rings is 1. The summed E-state index contributed by atoms with van der Waals surface area (Å²) in [5.74, 6) is 1.78. The molecule has 30 heavy (non-hydrogen) atoms. The molecule has 1 N–H and O–H groups in total. The minimum Gasteiger partial charge on any atom is -0.463 e. The first-order valence-electron chi connectivity index (χ1n) is 9.69. The van der Waals surface area contributed by atoms with Crippen molar-refractivity contribution >= 4 is 16.9 Å². The van der Waals surface area contributed by atoms with Crippen molar-refractivity contribution in [3.8, 4) is 23.0 Å². The largest absolute Gasteiger partial charge is 0.463 e. The number of pyridine rings is 1. The van der Waals surface area contributed by atoms with Gasteiger partial charge in [0, 0.05) is 12.6 Å². The molecule has 1 aromatic carbocycles. The van der Waals surface area contributed by atoms with E-state index in [1.165, 1.54) is 0 Å². The summed E-state index contributed by atoms with van der Waals surface area (Å²) >= 11 is 0. The molecule has 1 aliphatic rings. The van der Waals surface area contributed by atoms with E-state index < -0.39 is 0 Å². The zero-order valence-corrected chi connectivity index (χ0v) is 16.6. The van der Waals surface area contributed by atoms with E-state index in [1.807, 2.05) is 38.1 Å². The second-order valence-corrected chi connectivity index (χ2v) is 7.32. The van der Waals surface area contributed by atoms with Gasteiger partial charge in [-0.3, -0.25) is 4.79 Å². The van der Waals surface area contributed by atoms with Crippen molar-refractivity contribution < 1.29 is 18.7 Å². The summed E-state index contributed by atoms with van der Waals surface area (Å²) in [5.41, 5.74) is 2.65. The monoisotopic (exact) mass is 404 g/mol. The molecule has 0 atom stereocenters. The minimum atomic E-state index is -0.212. The lowest BCUT2D eigenvalue weighted by atomic mass is 10.1. The summed E-state index contributed by atoms with van der Waals surface area (Å²) in [6.45, 7) is 4.61. The molecule has 0 bridgehead atoms. The lowest BCUT2D eigenvalue weighted by Gasteiger charge is -2.10. The van der Waals surface area contributed by atoms with Crippen molar-refractivity contribution in [2.75, 3.05) is 6.79 Å². The Kier molecular flexibility index (Phi) is 4.39. The summed E-state index contributed by atoms with van der Waals surface area (Å²) in [6, 6.07) is 11.1. The normalized spacial score (nSPS) is 12.6. The minimum absolute atomic E-state index is 0.103. The van der Waals surface area contributed by atoms with Crippen LogP contribution in [0.15, 0.2) is 53.3 Å². The number of benzene rings is 1. The molecule has 3 aromatic heterocycles. The predicted molar refractivity (Wildman–Crippen MR) is 109 cm³/mol. The van der Waals surface area contributed by atoms with Gasteiger partial charge in [-0.05, 0) is 49.7 Å². The molecule has 0 saturated carbocycles. The Morgan fingerprint density at radius 1 is 1.20 bits per heavy atom. The van der Waals surface area contributed by atoms with Crippen LogP contribution in [0.5, 0.6) is 11.5 Å². The van der Waals surface area contributed by atoms with Crippen LogP contribution in [0, 0.1) is 0 Å². The van der Waals surface area contributed by atoms with Gasteiger partial charge in [-0.2, -0.15) is 5.10 Å². The lowest BCUT2D eigenvalue weighted by molar-refractivity contribution is 0.0952. The Morgan fingerprint density at radius 3 is 2.87 bits per heavy atom. The number of aromatic nitrogens is 3. The molecule has 0 aliphatic carbocycles. The number of carbonyl (C=O) groups is 1. The van der Waals surface area contributed by atoms with E-state index in [1.54, 1.807) is 29.3 Å². The molecule has 0 fully saturated rings. The highest BCUT2D eigenvalue weighted by Gasteiger charge is 2.20. The van der Waals surface area contributed by atoms with Crippen LogP contribution in [0.1, 0.15) is 35.8 Å². The number of amides is 1. The Labute approximate surface area is 172 Å². The van der Waals surface area contributed by atoms with Gasteiger partial charge in [0.2, 0.25) is 6.79 Å². The van der Waals surface area contributed by atoms with Crippen molar-refractivity contribution in [3.05, 3.63) is 60.0 Å². The fourth-order valence-electron chi connectivity index (χ4n) is 3.46. The smallest absolute Gasteiger partial charge is 0.252 e. The van der Waals surface area contributed by atoms with Crippen LogP contribution in [-0.4, -0.2) is 27.5 Å². The van der Waals surface area contributed by atoms with E-state index in [2.05, 4.69) is 10.4 Å². The molecule has 8 heteroatoms. The van der Waals surface area contributed by atoms with Crippen molar-refractivity contribution in [1.29, 1.82) is 0 Å². The first-order valence-corrected chi connectivity index (χ1v) is 9.69. The van der Waals surface area contributed by atoms with Crippen LogP contribution in [0.25, 0.3) is 22.5 Å². The molecule has 5 rings (SSSR count). The zero-order chi connectivity index (χ0) is 20.7. The average molecular weight is 404 g/mol. The van der Waals surface area contributed by atoms with Crippen LogP contribution in [-0.2, 0) is 6.54 Å². The van der Waals surface area contributed by atoms with Gasteiger partial charge < -0.3 is 19.2 Å². The molecule has 0 spiro atoms. The predicted octanol–water partition coefficient (Wildman–Crippen LogP) is 3.93. The highest BCUT2D eigenvalue weighted by molar-refractivity contribution is 6.06. The third kappa shape index (κ3) is 3.16. The quantitative estimate of drug-likeness (QED) is 0.542. The lowest BCUT2D eigenvalue weighted by Crippen LogP contribution is -2.23. The van der Waals surface area contributed by atoms with Crippen LogP contribution >= 0.6 is 0 Å². The van der Waals surface area contributed by atoms with Gasteiger partial charge in [0.1, 0.15) is 5.69 Å². The first-order chi connectivity index (χ1) is 14.6. The highest BCUT2D eigenvalue weighted by atomic mass is 16.7. The number of rotatable bonds is 5. The van der Waals surface area contributed by atoms with Gasteiger partial charge >= 0.3 is 0 Å². The average Bonchev–Trinajstić information content (AvgIpc) is 3.50. The SMILES string of the molecule is CC(C)n1ncc2c(C(=O)NCc3ccc4c(c3)OCO4)cc(-c3ccco3)nc21.